The second-order valence-corrected chi connectivity index (χ2v) is 7.32. The van der Waals surface area contributed by atoms with Crippen molar-refractivity contribution >= 4 is 29.9 Å². The van der Waals surface area contributed by atoms with Crippen LogP contribution in [-0.2, 0) is 4.79 Å². The normalized spacial score (nSPS) is 20.3. The van der Waals surface area contributed by atoms with E-state index in [0.717, 1.165) is 12.0 Å². The van der Waals surface area contributed by atoms with Gasteiger partial charge in [-0.25, -0.2) is 0 Å². The Hall–Kier alpha value is -1.75. The minimum absolute atomic E-state index is 0. The minimum Gasteiger partial charge on any atom is -0.476 e. The van der Waals surface area contributed by atoms with Crippen molar-refractivity contribution in [2.24, 2.45) is 11.1 Å². The molecule has 3 rings (SSSR count). The van der Waals surface area contributed by atoms with Gasteiger partial charge in [0.05, 0.1) is 0 Å². The van der Waals surface area contributed by atoms with Crippen LogP contribution in [0.2, 0.25) is 5.02 Å². The van der Waals surface area contributed by atoms with E-state index >= 15 is 0 Å². The molecule has 0 bridgehead atoms. The first-order valence-corrected chi connectivity index (χ1v) is 8.85. The van der Waals surface area contributed by atoms with Gasteiger partial charge in [-0.2, -0.15) is 0 Å². The number of carbonyl (C=O) groups is 1. The Kier molecular flexibility index (Phi) is 6.93. The van der Waals surface area contributed by atoms with Crippen LogP contribution in [0.15, 0.2) is 54.6 Å². The predicted molar refractivity (Wildman–Crippen MR) is 107 cm³/mol. The third-order valence-corrected chi connectivity index (χ3v) is 5.01. The molecular formula is C20H24Cl2N2O2. The van der Waals surface area contributed by atoms with Crippen molar-refractivity contribution in [2.45, 2.75) is 19.4 Å². The number of halogens is 2. The van der Waals surface area contributed by atoms with Crippen LogP contribution in [0.5, 0.6) is 5.75 Å². The van der Waals surface area contributed by atoms with Crippen molar-refractivity contribution in [1.29, 1.82) is 0 Å². The van der Waals surface area contributed by atoms with Crippen LogP contribution >= 0.6 is 24.0 Å². The van der Waals surface area contributed by atoms with Gasteiger partial charge in [0, 0.05) is 23.7 Å². The van der Waals surface area contributed by atoms with E-state index in [1.165, 1.54) is 0 Å². The van der Waals surface area contributed by atoms with Crippen LogP contribution in [0.1, 0.15) is 25.0 Å². The standard InChI is InChI=1S/C20H23ClN2O2.ClH/c1-20(13-22)11-12-23(14-20)19(24)18(15-5-3-2-4-6-15)25-17-9-7-16(21)8-10-17;/h2-10,18H,11-14,22H2,1H3;1H. The molecule has 1 saturated heterocycles. The van der Waals surface area contributed by atoms with E-state index in [2.05, 4.69) is 6.92 Å². The third kappa shape index (κ3) is 4.70. The zero-order valence-electron chi connectivity index (χ0n) is 14.7. The Morgan fingerprint density at radius 3 is 2.46 bits per heavy atom. The average molecular weight is 395 g/mol. The Bertz CT molecular complexity index is 724. The number of benzene rings is 2. The lowest BCUT2D eigenvalue weighted by molar-refractivity contribution is -0.138. The number of rotatable bonds is 5. The summed E-state index contributed by atoms with van der Waals surface area (Å²) in [6.45, 7) is 4.07. The molecule has 0 aliphatic carbocycles. The van der Waals surface area contributed by atoms with Crippen LogP contribution in [0.3, 0.4) is 0 Å². The first-order chi connectivity index (χ1) is 12.0. The molecule has 1 amide bonds. The SMILES string of the molecule is CC1(CN)CCN(C(=O)C(Oc2ccc(Cl)cc2)c2ccccc2)C1.Cl. The number of nitrogens with zero attached hydrogens (tertiary/aromatic N) is 1. The van der Waals surface area contributed by atoms with Gasteiger partial charge in [-0.1, -0.05) is 48.9 Å². The molecule has 0 spiro atoms. The molecule has 140 valence electrons. The van der Waals surface area contributed by atoms with Crippen molar-refractivity contribution in [2.75, 3.05) is 19.6 Å². The maximum absolute atomic E-state index is 13.2. The average Bonchev–Trinajstić information content (AvgIpc) is 3.04. The molecule has 0 aromatic heterocycles. The van der Waals surface area contributed by atoms with E-state index in [1.54, 1.807) is 24.3 Å². The van der Waals surface area contributed by atoms with E-state index in [-0.39, 0.29) is 23.7 Å². The number of hydrogen-bond donors (Lipinski definition) is 1. The third-order valence-electron chi connectivity index (χ3n) is 4.76. The van der Waals surface area contributed by atoms with Crippen molar-refractivity contribution < 1.29 is 9.53 Å². The predicted octanol–water partition coefficient (Wildman–Crippen LogP) is 4.08. The molecule has 2 unspecified atom stereocenters. The monoisotopic (exact) mass is 394 g/mol. The number of hydrogen-bond acceptors (Lipinski definition) is 3. The van der Waals surface area contributed by atoms with E-state index in [9.17, 15) is 4.79 Å². The maximum atomic E-state index is 13.2. The summed E-state index contributed by atoms with van der Waals surface area (Å²) in [6, 6.07) is 16.6. The Balaban J connectivity index is 0.00000243. The number of likely N-dealkylation sites (tertiary alicyclic amines) is 1. The summed E-state index contributed by atoms with van der Waals surface area (Å²) in [4.78, 5) is 15.0. The zero-order chi connectivity index (χ0) is 17.9. The summed E-state index contributed by atoms with van der Waals surface area (Å²) >= 11 is 5.94. The molecule has 6 heteroatoms. The highest BCUT2D eigenvalue weighted by molar-refractivity contribution is 6.30. The van der Waals surface area contributed by atoms with Crippen molar-refractivity contribution in [3.63, 3.8) is 0 Å². The molecule has 0 radical (unpaired) electrons. The molecule has 1 aliphatic heterocycles. The minimum atomic E-state index is -0.678. The fraction of sp³-hybridized carbons (Fsp3) is 0.350. The smallest absolute Gasteiger partial charge is 0.268 e. The van der Waals surface area contributed by atoms with Crippen LogP contribution in [0.25, 0.3) is 0 Å². The molecule has 2 atom stereocenters. The van der Waals surface area contributed by atoms with Gasteiger partial charge in [0.2, 0.25) is 6.10 Å². The molecule has 1 aliphatic rings. The van der Waals surface area contributed by atoms with Gasteiger partial charge in [-0.05, 0) is 42.6 Å². The summed E-state index contributed by atoms with van der Waals surface area (Å²) in [7, 11) is 0. The van der Waals surface area contributed by atoms with E-state index in [0.29, 0.717) is 30.4 Å². The molecule has 1 heterocycles. The van der Waals surface area contributed by atoms with Gasteiger partial charge in [0.1, 0.15) is 5.75 Å². The summed E-state index contributed by atoms with van der Waals surface area (Å²) in [6.07, 6.45) is 0.236. The van der Waals surface area contributed by atoms with E-state index in [1.807, 2.05) is 35.2 Å². The van der Waals surface area contributed by atoms with Gasteiger partial charge in [-0.3, -0.25) is 4.79 Å². The second-order valence-electron chi connectivity index (χ2n) is 6.89. The quantitative estimate of drug-likeness (QED) is 0.830. The second kappa shape index (κ2) is 8.76. The van der Waals surface area contributed by atoms with Crippen molar-refractivity contribution in [3.05, 3.63) is 65.2 Å². The van der Waals surface area contributed by atoms with Crippen LogP contribution < -0.4 is 10.5 Å². The number of carbonyl (C=O) groups excluding carboxylic acids is 1. The summed E-state index contributed by atoms with van der Waals surface area (Å²) in [5.74, 6) is 0.589. The van der Waals surface area contributed by atoms with Gasteiger partial charge in [-0.15, -0.1) is 12.4 Å². The Morgan fingerprint density at radius 1 is 1.23 bits per heavy atom. The van der Waals surface area contributed by atoms with E-state index < -0.39 is 6.10 Å². The molecule has 2 N–H and O–H groups in total. The highest BCUT2D eigenvalue weighted by Gasteiger charge is 2.38. The number of nitrogens with two attached hydrogens (primary N) is 1. The summed E-state index contributed by atoms with van der Waals surface area (Å²) < 4.78 is 6.05. The molecular weight excluding hydrogens is 371 g/mol. The van der Waals surface area contributed by atoms with Gasteiger partial charge in [0.25, 0.3) is 5.91 Å². The van der Waals surface area contributed by atoms with Crippen LogP contribution in [0, 0.1) is 5.41 Å². The highest BCUT2D eigenvalue weighted by atomic mass is 35.5. The number of ether oxygens (including phenoxy) is 1. The van der Waals surface area contributed by atoms with Crippen LogP contribution in [0.4, 0.5) is 0 Å². The molecule has 2 aromatic rings. The summed E-state index contributed by atoms with van der Waals surface area (Å²) in [5.41, 5.74) is 6.69. The lowest BCUT2D eigenvalue weighted by atomic mass is 9.90. The molecule has 2 aromatic carbocycles. The van der Waals surface area contributed by atoms with Crippen molar-refractivity contribution in [1.82, 2.24) is 4.90 Å². The highest BCUT2D eigenvalue weighted by Crippen LogP contribution is 2.32. The first-order valence-electron chi connectivity index (χ1n) is 8.47. The Labute approximate surface area is 165 Å². The van der Waals surface area contributed by atoms with Gasteiger partial charge >= 0.3 is 0 Å². The summed E-state index contributed by atoms with van der Waals surface area (Å²) in [5, 5.41) is 0.633. The Morgan fingerprint density at radius 2 is 1.88 bits per heavy atom. The van der Waals surface area contributed by atoms with Crippen molar-refractivity contribution in [3.8, 4) is 5.75 Å². The fourth-order valence-electron chi connectivity index (χ4n) is 3.08. The van der Waals surface area contributed by atoms with E-state index in [4.69, 9.17) is 22.1 Å². The topological polar surface area (TPSA) is 55.6 Å². The zero-order valence-corrected chi connectivity index (χ0v) is 16.3. The molecule has 0 saturated carbocycles. The maximum Gasteiger partial charge on any atom is 0.268 e. The lowest BCUT2D eigenvalue weighted by Gasteiger charge is -2.27. The fourth-order valence-corrected chi connectivity index (χ4v) is 3.21. The van der Waals surface area contributed by atoms with Crippen LogP contribution in [-0.4, -0.2) is 30.4 Å². The molecule has 4 nitrogen and oxygen atoms in total. The molecule has 1 fully saturated rings. The lowest BCUT2D eigenvalue weighted by Crippen LogP contribution is -2.38. The van der Waals surface area contributed by atoms with Gasteiger partial charge in [0.15, 0.2) is 0 Å². The number of amides is 1. The molecule has 26 heavy (non-hydrogen) atoms. The first kappa shape index (κ1) is 20.6. The largest absolute Gasteiger partial charge is 0.476 e. The van der Waals surface area contributed by atoms with Gasteiger partial charge < -0.3 is 15.4 Å².